The van der Waals surface area contributed by atoms with Gasteiger partial charge >= 0.3 is 0 Å². The summed E-state index contributed by atoms with van der Waals surface area (Å²) >= 11 is 0. The average Bonchev–Trinajstić information content (AvgIpc) is 2.97. The predicted molar refractivity (Wildman–Crippen MR) is 97.9 cm³/mol. The van der Waals surface area contributed by atoms with E-state index in [4.69, 9.17) is 10.5 Å². The highest BCUT2D eigenvalue weighted by atomic mass is 16.5. The van der Waals surface area contributed by atoms with Gasteiger partial charge in [0.15, 0.2) is 5.96 Å². The molecule has 7 heteroatoms. The number of ether oxygens (including phenoxy) is 1. The molecule has 1 aromatic heterocycles. The molecule has 1 aromatic carbocycles. The molecular weight excluding hydrogens is 316 g/mol. The first-order valence-corrected chi connectivity index (χ1v) is 8.87. The second kappa shape index (κ2) is 8.50. The Morgan fingerprint density at radius 3 is 2.64 bits per heavy atom. The monoisotopic (exact) mass is 342 g/mol. The maximum absolute atomic E-state index is 6.02. The number of nitrogens with one attached hydrogen (secondary N) is 1. The van der Waals surface area contributed by atoms with Crippen molar-refractivity contribution in [3.63, 3.8) is 0 Å². The van der Waals surface area contributed by atoms with E-state index in [1.54, 1.807) is 11.8 Å². The summed E-state index contributed by atoms with van der Waals surface area (Å²) < 4.78 is 6.88. The Balaban J connectivity index is 1.56. The van der Waals surface area contributed by atoms with Crippen molar-refractivity contribution in [3.8, 4) is 11.4 Å². The van der Waals surface area contributed by atoms with Crippen LogP contribution in [0.3, 0.4) is 0 Å². The van der Waals surface area contributed by atoms with Crippen molar-refractivity contribution in [2.45, 2.75) is 51.1 Å². The molecule has 134 valence electrons. The van der Waals surface area contributed by atoms with E-state index in [0.717, 1.165) is 17.1 Å². The van der Waals surface area contributed by atoms with Crippen LogP contribution in [-0.4, -0.2) is 34.1 Å². The highest BCUT2D eigenvalue weighted by Crippen LogP contribution is 2.17. The van der Waals surface area contributed by atoms with Crippen LogP contribution in [-0.2, 0) is 6.54 Å². The molecule has 0 aliphatic heterocycles. The summed E-state index contributed by atoms with van der Waals surface area (Å²) in [6.45, 7) is 0.418. The standard InChI is InChI=1S/C18H26N6O/c1-25-17-10-8-16(9-11-17)24-13-15(22-23-24)12-20-18(19)21-14-6-4-2-3-5-7-14/h8-11,13-14H,2-7,12H2,1H3,(H3,19,20,21). The maximum Gasteiger partial charge on any atom is 0.189 e. The van der Waals surface area contributed by atoms with E-state index in [1.807, 2.05) is 30.5 Å². The number of rotatable bonds is 5. The minimum atomic E-state index is 0.418. The average molecular weight is 342 g/mol. The zero-order chi connectivity index (χ0) is 17.5. The SMILES string of the molecule is COc1ccc(-n2cc(CN=C(N)NC3CCCCCC3)nn2)cc1. The van der Waals surface area contributed by atoms with E-state index < -0.39 is 0 Å². The molecule has 1 aliphatic rings. The number of benzene rings is 1. The van der Waals surface area contributed by atoms with E-state index in [0.29, 0.717) is 18.5 Å². The molecule has 1 heterocycles. The first-order chi connectivity index (χ1) is 12.2. The second-order valence-electron chi connectivity index (χ2n) is 6.39. The zero-order valence-corrected chi connectivity index (χ0v) is 14.7. The van der Waals surface area contributed by atoms with Crippen LogP contribution in [0.2, 0.25) is 0 Å². The van der Waals surface area contributed by atoms with E-state index in [2.05, 4.69) is 20.6 Å². The van der Waals surface area contributed by atoms with Gasteiger partial charge in [-0.1, -0.05) is 30.9 Å². The minimum absolute atomic E-state index is 0.418. The highest BCUT2D eigenvalue weighted by molar-refractivity contribution is 5.78. The number of nitrogens with zero attached hydrogens (tertiary/aromatic N) is 4. The van der Waals surface area contributed by atoms with Crippen LogP contribution in [0, 0.1) is 0 Å². The van der Waals surface area contributed by atoms with Gasteiger partial charge in [0.2, 0.25) is 0 Å². The first-order valence-electron chi connectivity index (χ1n) is 8.87. The Morgan fingerprint density at radius 1 is 1.24 bits per heavy atom. The van der Waals surface area contributed by atoms with Crippen molar-refractivity contribution in [1.29, 1.82) is 0 Å². The minimum Gasteiger partial charge on any atom is -0.497 e. The van der Waals surface area contributed by atoms with E-state index in [-0.39, 0.29) is 0 Å². The molecule has 0 bridgehead atoms. The molecule has 3 rings (SSSR count). The topological polar surface area (TPSA) is 90.3 Å². The fraction of sp³-hybridized carbons (Fsp3) is 0.500. The van der Waals surface area contributed by atoms with Crippen LogP contribution in [0.5, 0.6) is 5.75 Å². The van der Waals surface area contributed by atoms with Crippen LogP contribution in [0.25, 0.3) is 5.69 Å². The lowest BCUT2D eigenvalue weighted by Crippen LogP contribution is -2.39. The van der Waals surface area contributed by atoms with Gasteiger partial charge in [0.1, 0.15) is 11.4 Å². The summed E-state index contributed by atoms with van der Waals surface area (Å²) in [6, 6.07) is 8.10. The highest BCUT2D eigenvalue weighted by Gasteiger charge is 2.12. The quantitative estimate of drug-likeness (QED) is 0.495. The lowest BCUT2D eigenvalue weighted by molar-refractivity contribution is 0.414. The molecule has 1 saturated carbocycles. The van der Waals surface area contributed by atoms with Gasteiger partial charge in [0.05, 0.1) is 25.5 Å². The predicted octanol–water partition coefficient (Wildman–Crippen LogP) is 2.40. The largest absolute Gasteiger partial charge is 0.497 e. The van der Waals surface area contributed by atoms with Gasteiger partial charge in [-0.3, -0.25) is 0 Å². The number of methoxy groups -OCH3 is 1. The number of aliphatic imine (C=N–C) groups is 1. The number of nitrogens with two attached hydrogens (primary N) is 1. The third-order valence-corrected chi connectivity index (χ3v) is 4.50. The number of hydrogen-bond acceptors (Lipinski definition) is 4. The molecule has 3 N–H and O–H groups in total. The van der Waals surface area contributed by atoms with Gasteiger partial charge in [-0.05, 0) is 37.1 Å². The second-order valence-corrected chi connectivity index (χ2v) is 6.39. The molecule has 7 nitrogen and oxygen atoms in total. The van der Waals surface area contributed by atoms with Crippen LogP contribution in [0.4, 0.5) is 0 Å². The Labute approximate surface area is 148 Å². The Morgan fingerprint density at radius 2 is 1.96 bits per heavy atom. The Bertz CT molecular complexity index is 686. The summed E-state index contributed by atoms with van der Waals surface area (Å²) in [4.78, 5) is 4.40. The number of aromatic nitrogens is 3. The van der Waals surface area contributed by atoms with E-state index >= 15 is 0 Å². The summed E-state index contributed by atoms with van der Waals surface area (Å²) in [7, 11) is 1.65. The van der Waals surface area contributed by atoms with Crippen molar-refractivity contribution >= 4 is 5.96 Å². The van der Waals surface area contributed by atoms with E-state index in [9.17, 15) is 0 Å². The van der Waals surface area contributed by atoms with Gasteiger partial charge in [0, 0.05) is 6.04 Å². The molecular formula is C18H26N6O. The summed E-state index contributed by atoms with van der Waals surface area (Å²) in [5.41, 5.74) is 7.73. The summed E-state index contributed by atoms with van der Waals surface area (Å²) in [5.74, 6) is 1.30. The van der Waals surface area contributed by atoms with Crippen molar-refractivity contribution in [1.82, 2.24) is 20.3 Å². The molecule has 1 fully saturated rings. The molecule has 0 radical (unpaired) electrons. The van der Waals surface area contributed by atoms with Crippen LogP contribution in [0.1, 0.15) is 44.2 Å². The fourth-order valence-electron chi connectivity index (χ4n) is 3.08. The Kier molecular flexibility index (Phi) is 5.87. The Hall–Kier alpha value is -2.57. The molecule has 1 aliphatic carbocycles. The van der Waals surface area contributed by atoms with Gasteiger partial charge in [-0.25, -0.2) is 9.67 Å². The lowest BCUT2D eigenvalue weighted by Gasteiger charge is -2.16. The number of guanidine groups is 1. The van der Waals surface area contributed by atoms with Crippen LogP contribution >= 0.6 is 0 Å². The molecule has 0 unspecified atom stereocenters. The molecule has 0 atom stereocenters. The molecule has 2 aromatic rings. The van der Waals surface area contributed by atoms with Crippen molar-refractivity contribution in [3.05, 3.63) is 36.2 Å². The van der Waals surface area contributed by atoms with Gasteiger partial charge < -0.3 is 15.8 Å². The van der Waals surface area contributed by atoms with Gasteiger partial charge in [-0.2, -0.15) is 0 Å². The van der Waals surface area contributed by atoms with Crippen molar-refractivity contribution in [2.24, 2.45) is 10.7 Å². The normalized spacial score (nSPS) is 16.4. The third kappa shape index (κ3) is 4.95. The summed E-state index contributed by atoms with van der Waals surface area (Å²) in [6.07, 6.45) is 9.38. The molecule has 0 spiro atoms. The van der Waals surface area contributed by atoms with Gasteiger partial charge in [0.25, 0.3) is 0 Å². The third-order valence-electron chi connectivity index (χ3n) is 4.50. The smallest absolute Gasteiger partial charge is 0.189 e. The lowest BCUT2D eigenvalue weighted by atomic mass is 10.1. The summed E-state index contributed by atoms with van der Waals surface area (Å²) in [5, 5.41) is 11.6. The molecule has 0 saturated heterocycles. The van der Waals surface area contributed by atoms with E-state index in [1.165, 1.54) is 38.5 Å². The number of hydrogen-bond donors (Lipinski definition) is 2. The van der Waals surface area contributed by atoms with Crippen molar-refractivity contribution in [2.75, 3.05) is 7.11 Å². The van der Waals surface area contributed by atoms with Gasteiger partial charge in [-0.15, -0.1) is 5.10 Å². The van der Waals surface area contributed by atoms with Crippen molar-refractivity contribution < 1.29 is 4.74 Å². The fourth-order valence-corrected chi connectivity index (χ4v) is 3.08. The van der Waals surface area contributed by atoms with Crippen LogP contribution in [0.15, 0.2) is 35.5 Å². The maximum atomic E-state index is 6.02. The molecule has 25 heavy (non-hydrogen) atoms. The molecule has 0 amide bonds. The first kappa shape index (κ1) is 17.3. The zero-order valence-electron chi connectivity index (χ0n) is 14.7. The van der Waals surface area contributed by atoms with Crippen LogP contribution < -0.4 is 15.8 Å².